The van der Waals surface area contributed by atoms with Gasteiger partial charge in [-0.2, -0.15) is 0 Å². The molecule has 0 unspecified atom stereocenters. The highest BCUT2D eigenvalue weighted by Gasteiger charge is 2.22. The van der Waals surface area contributed by atoms with Crippen LogP contribution in [-0.2, 0) is 0 Å². The quantitative estimate of drug-likeness (QED) is 0.629. The standard InChI is InChI=1S/C6H6BrN3O3/c1-13-6-5(10(11)12)4(8)3(7)2-9-6/h2H,1H3,(H2,8,9). The van der Waals surface area contributed by atoms with E-state index in [0.717, 1.165) is 0 Å². The van der Waals surface area contributed by atoms with Crippen LogP contribution in [0.4, 0.5) is 11.4 Å². The minimum absolute atomic E-state index is 0.0110. The van der Waals surface area contributed by atoms with E-state index in [-0.39, 0.29) is 17.3 Å². The highest BCUT2D eigenvalue weighted by atomic mass is 79.9. The van der Waals surface area contributed by atoms with Crippen molar-refractivity contribution in [3.8, 4) is 5.88 Å². The number of hydrogen-bond acceptors (Lipinski definition) is 5. The molecule has 1 aromatic heterocycles. The zero-order chi connectivity index (χ0) is 10.0. The first-order valence-electron chi connectivity index (χ1n) is 3.20. The monoisotopic (exact) mass is 247 g/mol. The molecule has 7 heteroatoms. The number of rotatable bonds is 2. The summed E-state index contributed by atoms with van der Waals surface area (Å²) in [4.78, 5) is 13.6. The molecule has 0 spiro atoms. The third kappa shape index (κ3) is 1.69. The maximum atomic E-state index is 10.5. The Balaban J connectivity index is 3.41. The van der Waals surface area contributed by atoms with Gasteiger partial charge in [-0.25, -0.2) is 4.98 Å². The maximum Gasteiger partial charge on any atom is 0.354 e. The van der Waals surface area contributed by atoms with Gasteiger partial charge in [-0.3, -0.25) is 10.1 Å². The van der Waals surface area contributed by atoms with Crippen LogP contribution in [0.15, 0.2) is 10.7 Å². The molecule has 6 nitrogen and oxygen atoms in total. The van der Waals surface area contributed by atoms with Crippen LogP contribution in [-0.4, -0.2) is 17.0 Å². The van der Waals surface area contributed by atoms with Crippen molar-refractivity contribution in [3.63, 3.8) is 0 Å². The molecule has 70 valence electrons. The molecule has 0 aromatic carbocycles. The normalized spacial score (nSPS) is 9.69. The van der Waals surface area contributed by atoms with Gasteiger partial charge in [0.2, 0.25) is 0 Å². The van der Waals surface area contributed by atoms with Crippen LogP contribution in [0.2, 0.25) is 0 Å². The number of ether oxygens (including phenoxy) is 1. The van der Waals surface area contributed by atoms with Crippen LogP contribution in [0.5, 0.6) is 5.88 Å². The minimum atomic E-state index is -0.633. The number of hydrogen-bond donors (Lipinski definition) is 1. The number of nitrogens with zero attached hydrogens (tertiary/aromatic N) is 2. The van der Waals surface area contributed by atoms with Crippen LogP contribution in [0.25, 0.3) is 0 Å². The average Bonchev–Trinajstić information content (AvgIpc) is 2.08. The van der Waals surface area contributed by atoms with Crippen molar-refractivity contribution in [2.24, 2.45) is 0 Å². The summed E-state index contributed by atoms with van der Waals surface area (Å²) in [6.07, 6.45) is 1.35. The van der Waals surface area contributed by atoms with E-state index in [1.807, 2.05) is 0 Å². The number of nitro groups is 1. The van der Waals surface area contributed by atoms with Crippen molar-refractivity contribution in [1.29, 1.82) is 0 Å². The predicted molar refractivity (Wildman–Crippen MR) is 49.6 cm³/mol. The smallest absolute Gasteiger partial charge is 0.354 e. The van der Waals surface area contributed by atoms with Crippen molar-refractivity contribution >= 4 is 27.3 Å². The molecule has 0 aliphatic heterocycles. The first kappa shape index (κ1) is 9.72. The molecule has 1 aromatic rings. The number of pyridine rings is 1. The minimum Gasteiger partial charge on any atom is -0.476 e. The fourth-order valence-corrected chi connectivity index (χ4v) is 1.09. The Hall–Kier alpha value is -1.37. The lowest BCUT2D eigenvalue weighted by Gasteiger charge is -2.03. The Morgan fingerprint density at radius 2 is 2.38 bits per heavy atom. The van der Waals surface area contributed by atoms with Gasteiger partial charge in [-0.15, -0.1) is 0 Å². The largest absolute Gasteiger partial charge is 0.476 e. The number of nitrogen functional groups attached to an aromatic ring is 1. The zero-order valence-electron chi connectivity index (χ0n) is 6.65. The van der Waals surface area contributed by atoms with Gasteiger partial charge in [-0.1, -0.05) is 0 Å². The Morgan fingerprint density at radius 3 is 2.85 bits per heavy atom. The third-order valence-corrected chi connectivity index (χ3v) is 2.02. The molecule has 0 amide bonds. The van der Waals surface area contributed by atoms with Gasteiger partial charge >= 0.3 is 5.69 Å². The Labute approximate surface area is 82.0 Å². The topological polar surface area (TPSA) is 91.3 Å². The number of halogens is 1. The Kier molecular flexibility index (Phi) is 2.66. The van der Waals surface area contributed by atoms with Gasteiger partial charge < -0.3 is 10.5 Å². The highest BCUT2D eigenvalue weighted by Crippen LogP contribution is 2.35. The summed E-state index contributed by atoms with van der Waals surface area (Å²) in [7, 11) is 1.29. The van der Waals surface area contributed by atoms with Crippen LogP contribution in [0, 0.1) is 10.1 Å². The molecule has 1 heterocycles. The number of nitrogens with two attached hydrogens (primary N) is 1. The molecule has 0 saturated heterocycles. The predicted octanol–water partition coefficient (Wildman–Crippen LogP) is 1.34. The zero-order valence-corrected chi connectivity index (χ0v) is 8.24. The van der Waals surface area contributed by atoms with E-state index in [1.165, 1.54) is 13.3 Å². The SMILES string of the molecule is COc1ncc(Br)c(N)c1[N+](=O)[O-]. The first-order valence-corrected chi connectivity index (χ1v) is 3.99. The molecule has 1 rings (SSSR count). The summed E-state index contributed by atoms with van der Waals surface area (Å²) in [6, 6.07) is 0. The maximum absolute atomic E-state index is 10.5. The van der Waals surface area contributed by atoms with Crippen LogP contribution in [0.3, 0.4) is 0 Å². The number of methoxy groups -OCH3 is 1. The second-order valence-electron chi connectivity index (χ2n) is 2.13. The van der Waals surface area contributed by atoms with Gasteiger partial charge in [0.1, 0.15) is 5.69 Å². The van der Waals surface area contributed by atoms with Gasteiger partial charge in [0.05, 0.1) is 16.5 Å². The number of aromatic nitrogens is 1. The lowest BCUT2D eigenvalue weighted by atomic mass is 10.3. The molecule has 0 saturated carbocycles. The van der Waals surface area contributed by atoms with E-state index >= 15 is 0 Å². The lowest BCUT2D eigenvalue weighted by Crippen LogP contribution is -2.01. The molecule has 0 atom stereocenters. The van der Waals surface area contributed by atoms with E-state index in [4.69, 9.17) is 5.73 Å². The lowest BCUT2D eigenvalue weighted by molar-refractivity contribution is -0.385. The van der Waals surface area contributed by atoms with Crippen molar-refractivity contribution in [3.05, 3.63) is 20.8 Å². The molecule has 0 aliphatic carbocycles. The summed E-state index contributed by atoms with van der Waals surface area (Å²) in [5, 5.41) is 10.5. The molecule has 0 aliphatic rings. The van der Waals surface area contributed by atoms with Crippen molar-refractivity contribution in [2.75, 3.05) is 12.8 Å². The second kappa shape index (κ2) is 3.56. The summed E-state index contributed by atoms with van der Waals surface area (Å²) >= 11 is 3.03. The summed E-state index contributed by atoms with van der Waals surface area (Å²) in [5.41, 5.74) is 5.14. The fourth-order valence-electron chi connectivity index (χ4n) is 0.800. The van der Waals surface area contributed by atoms with E-state index < -0.39 is 4.92 Å². The first-order chi connectivity index (χ1) is 6.07. The van der Waals surface area contributed by atoms with Gasteiger partial charge in [-0.05, 0) is 15.9 Å². The molecule has 0 fully saturated rings. The molecule has 0 radical (unpaired) electrons. The molecule has 0 bridgehead atoms. The van der Waals surface area contributed by atoms with E-state index in [0.29, 0.717) is 4.47 Å². The van der Waals surface area contributed by atoms with Gasteiger partial charge in [0.25, 0.3) is 5.88 Å². The van der Waals surface area contributed by atoms with Gasteiger partial charge in [0, 0.05) is 6.20 Å². The third-order valence-electron chi connectivity index (χ3n) is 1.39. The van der Waals surface area contributed by atoms with Crippen molar-refractivity contribution < 1.29 is 9.66 Å². The van der Waals surface area contributed by atoms with Crippen LogP contribution in [0.1, 0.15) is 0 Å². The van der Waals surface area contributed by atoms with Crippen molar-refractivity contribution in [2.45, 2.75) is 0 Å². The summed E-state index contributed by atoms with van der Waals surface area (Å²) in [5.74, 6) is -0.0919. The van der Waals surface area contributed by atoms with Gasteiger partial charge in [0.15, 0.2) is 0 Å². The molecular formula is C6H6BrN3O3. The van der Waals surface area contributed by atoms with Crippen LogP contribution >= 0.6 is 15.9 Å². The highest BCUT2D eigenvalue weighted by molar-refractivity contribution is 9.10. The molecule has 13 heavy (non-hydrogen) atoms. The fraction of sp³-hybridized carbons (Fsp3) is 0.167. The molecule has 2 N–H and O–H groups in total. The molecular weight excluding hydrogens is 242 g/mol. The summed E-state index contributed by atoms with van der Waals surface area (Å²) in [6.45, 7) is 0. The van der Waals surface area contributed by atoms with Crippen molar-refractivity contribution in [1.82, 2.24) is 4.98 Å². The number of anilines is 1. The van der Waals surface area contributed by atoms with E-state index in [2.05, 4.69) is 25.7 Å². The Morgan fingerprint density at radius 1 is 1.77 bits per heavy atom. The van der Waals surface area contributed by atoms with E-state index in [1.54, 1.807) is 0 Å². The average molecular weight is 248 g/mol. The van der Waals surface area contributed by atoms with E-state index in [9.17, 15) is 10.1 Å². The second-order valence-corrected chi connectivity index (χ2v) is 2.99. The van der Waals surface area contributed by atoms with Crippen LogP contribution < -0.4 is 10.5 Å². The summed E-state index contributed by atoms with van der Waals surface area (Å²) < 4.78 is 5.06. The Bertz CT molecular complexity index is 355.